The molecule has 2 amide bonds. The zero-order valence-corrected chi connectivity index (χ0v) is 15.3. The summed E-state index contributed by atoms with van der Waals surface area (Å²) in [5, 5.41) is 11.5. The first-order valence-electron chi connectivity index (χ1n) is 7.92. The van der Waals surface area contributed by atoms with Gasteiger partial charge in [0, 0.05) is 18.7 Å². The molecule has 9 nitrogen and oxygen atoms in total. The Hall–Kier alpha value is -2.72. The maximum absolute atomic E-state index is 12.2. The largest absolute Gasteiger partial charge is 0.353 e. The average Bonchev–Trinajstić information content (AvgIpc) is 2.96. The number of amides is 2. The molecule has 2 rings (SSSR count). The molecule has 140 valence electrons. The first-order chi connectivity index (χ1) is 12.3. The summed E-state index contributed by atoms with van der Waals surface area (Å²) in [6.45, 7) is 3.13. The average molecular weight is 379 g/mol. The fourth-order valence-corrected chi connectivity index (χ4v) is 3.71. The van der Waals surface area contributed by atoms with E-state index in [9.17, 15) is 18.0 Å². The number of benzene rings is 1. The monoisotopic (exact) mass is 379 g/mol. The van der Waals surface area contributed by atoms with E-state index in [0.717, 1.165) is 0 Å². The Morgan fingerprint density at radius 2 is 1.77 bits per heavy atom. The van der Waals surface area contributed by atoms with Gasteiger partial charge in [-0.1, -0.05) is 18.2 Å². The molecule has 0 radical (unpaired) electrons. The fraction of sp³-hybridized carbons (Fsp3) is 0.312. The van der Waals surface area contributed by atoms with Crippen LogP contribution in [0.2, 0.25) is 0 Å². The van der Waals surface area contributed by atoms with Crippen molar-refractivity contribution < 1.29 is 18.0 Å². The van der Waals surface area contributed by atoms with Crippen LogP contribution < -0.4 is 15.4 Å². The number of aromatic nitrogens is 2. The van der Waals surface area contributed by atoms with Gasteiger partial charge in [-0.15, -0.1) is 0 Å². The summed E-state index contributed by atoms with van der Waals surface area (Å²) >= 11 is 0. The van der Waals surface area contributed by atoms with Crippen LogP contribution >= 0.6 is 0 Å². The minimum absolute atomic E-state index is 0.0186. The van der Waals surface area contributed by atoms with Crippen LogP contribution in [0.4, 0.5) is 0 Å². The fourth-order valence-electron chi connectivity index (χ4n) is 2.31. The predicted molar refractivity (Wildman–Crippen MR) is 95.0 cm³/mol. The molecule has 0 unspecified atom stereocenters. The maximum Gasteiger partial charge on any atom is 0.251 e. The Labute approximate surface area is 151 Å². The number of H-pyrrole nitrogens is 1. The number of carbonyl (C=O) groups excluding carboxylic acids is 2. The van der Waals surface area contributed by atoms with Crippen LogP contribution in [0.3, 0.4) is 0 Å². The van der Waals surface area contributed by atoms with Crippen LogP contribution in [0.1, 0.15) is 21.7 Å². The quantitative estimate of drug-likeness (QED) is 0.474. The van der Waals surface area contributed by atoms with E-state index in [4.69, 9.17) is 0 Å². The van der Waals surface area contributed by atoms with E-state index in [-0.39, 0.29) is 30.4 Å². The van der Waals surface area contributed by atoms with Crippen molar-refractivity contribution in [2.24, 2.45) is 0 Å². The second-order valence-electron chi connectivity index (χ2n) is 5.56. The van der Waals surface area contributed by atoms with Gasteiger partial charge in [0.25, 0.3) is 5.91 Å². The molecular weight excluding hydrogens is 358 g/mol. The molecule has 0 fully saturated rings. The molecule has 1 heterocycles. The summed E-state index contributed by atoms with van der Waals surface area (Å²) < 4.78 is 26.8. The van der Waals surface area contributed by atoms with Crippen molar-refractivity contribution in [3.63, 3.8) is 0 Å². The van der Waals surface area contributed by atoms with E-state index in [1.807, 2.05) is 0 Å². The molecule has 0 aliphatic heterocycles. The zero-order chi connectivity index (χ0) is 19.2. The minimum atomic E-state index is -3.70. The molecular formula is C16H21N5O4S. The predicted octanol–water partition coefficient (Wildman–Crippen LogP) is -0.149. The number of rotatable bonds is 8. The summed E-state index contributed by atoms with van der Waals surface area (Å²) in [5.74, 6) is -0.767. The Morgan fingerprint density at radius 3 is 2.38 bits per heavy atom. The first kappa shape index (κ1) is 19.6. The lowest BCUT2D eigenvalue weighted by atomic mass is 10.2. The number of hydrogen-bond acceptors (Lipinski definition) is 5. The van der Waals surface area contributed by atoms with Crippen LogP contribution in [0.15, 0.2) is 35.2 Å². The van der Waals surface area contributed by atoms with Crippen molar-refractivity contribution in [1.29, 1.82) is 0 Å². The molecule has 1 aromatic heterocycles. The lowest BCUT2D eigenvalue weighted by Gasteiger charge is -2.09. The highest BCUT2D eigenvalue weighted by Crippen LogP contribution is 2.15. The van der Waals surface area contributed by atoms with Crippen molar-refractivity contribution in [3.8, 4) is 0 Å². The standard InChI is InChI=1S/C16H21N5O4S/c1-11-15(12(2)21-20-11)26(24,25)19-9-8-17-14(22)10-18-16(23)13-6-4-3-5-7-13/h3-7,19H,8-10H2,1-2H3,(H,17,22)(H,18,23)(H,20,21). The molecule has 0 saturated carbocycles. The van der Waals surface area contributed by atoms with Gasteiger partial charge in [-0.2, -0.15) is 5.10 Å². The van der Waals surface area contributed by atoms with Crippen LogP contribution in [0, 0.1) is 13.8 Å². The van der Waals surface area contributed by atoms with E-state index in [1.165, 1.54) is 0 Å². The maximum atomic E-state index is 12.2. The van der Waals surface area contributed by atoms with Crippen molar-refractivity contribution in [1.82, 2.24) is 25.6 Å². The second-order valence-corrected chi connectivity index (χ2v) is 7.26. The van der Waals surface area contributed by atoms with Gasteiger partial charge in [-0.25, -0.2) is 13.1 Å². The Bertz CT molecular complexity index is 858. The third-order valence-corrected chi connectivity index (χ3v) is 5.24. The van der Waals surface area contributed by atoms with E-state index in [1.54, 1.807) is 44.2 Å². The van der Waals surface area contributed by atoms with Crippen LogP contribution in [-0.4, -0.2) is 50.1 Å². The van der Waals surface area contributed by atoms with Crippen LogP contribution in [0.25, 0.3) is 0 Å². The Balaban J connectivity index is 1.73. The van der Waals surface area contributed by atoms with Gasteiger partial charge in [0.2, 0.25) is 15.9 Å². The van der Waals surface area contributed by atoms with E-state index >= 15 is 0 Å². The molecule has 0 aliphatic rings. The lowest BCUT2D eigenvalue weighted by Crippen LogP contribution is -2.40. The Kier molecular flexibility index (Phi) is 6.47. The molecule has 26 heavy (non-hydrogen) atoms. The molecule has 4 N–H and O–H groups in total. The molecule has 2 aromatic rings. The smallest absolute Gasteiger partial charge is 0.251 e. The van der Waals surface area contributed by atoms with Crippen LogP contribution in [-0.2, 0) is 14.8 Å². The van der Waals surface area contributed by atoms with E-state index < -0.39 is 15.9 Å². The summed E-state index contributed by atoms with van der Waals surface area (Å²) in [6, 6.07) is 8.52. The SMILES string of the molecule is Cc1n[nH]c(C)c1S(=O)(=O)NCCNC(=O)CNC(=O)c1ccccc1. The van der Waals surface area contributed by atoms with Crippen molar-refractivity contribution >= 4 is 21.8 Å². The minimum Gasteiger partial charge on any atom is -0.353 e. The van der Waals surface area contributed by atoms with Gasteiger partial charge in [-0.05, 0) is 26.0 Å². The van der Waals surface area contributed by atoms with Gasteiger partial charge in [0.1, 0.15) is 4.90 Å². The van der Waals surface area contributed by atoms with Gasteiger partial charge >= 0.3 is 0 Å². The number of carbonyl (C=O) groups is 2. The number of nitrogens with zero attached hydrogens (tertiary/aromatic N) is 1. The number of sulfonamides is 1. The summed E-state index contributed by atoms with van der Waals surface area (Å²) in [6.07, 6.45) is 0. The number of aromatic amines is 1. The Morgan fingerprint density at radius 1 is 1.08 bits per heavy atom. The van der Waals surface area contributed by atoms with Gasteiger partial charge < -0.3 is 10.6 Å². The number of nitrogens with one attached hydrogen (secondary N) is 4. The third kappa shape index (κ3) is 5.14. The molecule has 0 atom stereocenters. The highest BCUT2D eigenvalue weighted by atomic mass is 32.2. The zero-order valence-electron chi connectivity index (χ0n) is 14.5. The molecule has 10 heteroatoms. The third-order valence-electron chi connectivity index (χ3n) is 3.51. The van der Waals surface area contributed by atoms with Gasteiger partial charge in [-0.3, -0.25) is 14.7 Å². The van der Waals surface area contributed by atoms with Gasteiger partial charge in [0.05, 0.1) is 17.9 Å². The second kappa shape index (κ2) is 8.59. The lowest BCUT2D eigenvalue weighted by molar-refractivity contribution is -0.120. The molecule has 0 spiro atoms. The highest BCUT2D eigenvalue weighted by molar-refractivity contribution is 7.89. The number of aryl methyl sites for hydroxylation is 2. The molecule has 1 aromatic carbocycles. The molecule has 0 saturated heterocycles. The van der Waals surface area contributed by atoms with Crippen LogP contribution in [0.5, 0.6) is 0 Å². The van der Waals surface area contributed by atoms with E-state index in [0.29, 0.717) is 17.0 Å². The first-order valence-corrected chi connectivity index (χ1v) is 9.41. The molecule has 0 bridgehead atoms. The van der Waals surface area contributed by atoms with Crippen molar-refractivity contribution in [2.45, 2.75) is 18.7 Å². The number of hydrogen-bond donors (Lipinski definition) is 4. The van der Waals surface area contributed by atoms with E-state index in [2.05, 4.69) is 25.6 Å². The topological polar surface area (TPSA) is 133 Å². The summed E-state index contributed by atoms with van der Waals surface area (Å²) in [5.41, 5.74) is 1.28. The normalized spacial score (nSPS) is 11.2. The molecule has 0 aliphatic carbocycles. The summed E-state index contributed by atoms with van der Waals surface area (Å²) in [7, 11) is -3.70. The highest BCUT2D eigenvalue weighted by Gasteiger charge is 2.21. The van der Waals surface area contributed by atoms with Gasteiger partial charge in [0.15, 0.2) is 0 Å². The van der Waals surface area contributed by atoms with Crippen molar-refractivity contribution in [2.75, 3.05) is 19.6 Å². The summed E-state index contributed by atoms with van der Waals surface area (Å²) in [4.78, 5) is 23.6. The van der Waals surface area contributed by atoms with Crippen molar-refractivity contribution in [3.05, 3.63) is 47.3 Å².